The molecule has 110 valence electrons. The van der Waals surface area contributed by atoms with Crippen molar-refractivity contribution >= 4 is 29.3 Å². The molecule has 0 aromatic heterocycles. The summed E-state index contributed by atoms with van der Waals surface area (Å²) in [5.41, 5.74) is 0.304. The van der Waals surface area contributed by atoms with Crippen LogP contribution < -0.4 is 10.6 Å². The zero-order valence-corrected chi connectivity index (χ0v) is 11.2. The molecule has 1 aromatic carbocycles. The third-order valence-corrected chi connectivity index (χ3v) is 2.82. The van der Waals surface area contributed by atoms with Crippen LogP contribution in [-0.2, 0) is 4.79 Å². The van der Waals surface area contributed by atoms with Gasteiger partial charge in [-0.25, -0.2) is 4.79 Å². The molecule has 2 rings (SSSR count). The summed E-state index contributed by atoms with van der Waals surface area (Å²) < 4.78 is 0. The van der Waals surface area contributed by atoms with Gasteiger partial charge in [-0.1, -0.05) is 0 Å². The number of hydrogen-bond donors (Lipinski definition) is 2. The number of nitro groups is 1. The standard InChI is InChI=1S/C12H13N5O4/c1-16-7-6-10(18)14-11(16)15-12(19)13-8-2-4-9(5-3-8)17(20)21/h2-5H,6-7H2,1H3,(H2,13,14,15,18,19). The fourth-order valence-electron chi connectivity index (χ4n) is 1.69. The van der Waals surface area contributed by atoms with Crippen molar-refractivity contribution in [1.29, 1.82) is 0 Å². The second-order valence-corrected chi connectivity index (χ2v) is 4.39. The van der Waals surface area contributed by atoms with E-state index in [1.54, 1.807) is 11.9 Å². The van der Waals surface area contributed by atoms with Crippen LogP contribution in [0.15, 0.2) is 29.3 Å². The maximum Gasteiger partial charge on any atom is 0.348 e. The number of benzene rings is 1. The number of nitro benzene ring substituents is 1. The van der Waals surface area contributed by atoms with Crippen molar-refractivity contribution in [3.63, 3.8) is 0 Å². The van der Waals surface area contributed by atoms with Gasteiger partial charge >= 0.3 is 6.03 Å². The first-order valence-corrected chi connectivity index (χ1v) is 6.11. The fourth-order valence-corrected chi connectivity index (χ4v) is 1.69. The number of urea groups is 1. The molecule has 0 spiro atoms. The van der Waals surface area contributed by atoms with Crippen LogP contribution in [0.1, 0.15) is 6.42 Å². The highest BCUT2D eigenvalue weighted by molar-refractivity contribution is 6.05. The highest BCUT2D eigenvalue weighted by atomic mass is 16.6. The number of nitrogens with zero attached hydrogens (tertiary/aromatic N) is 3. The number of anilines is 1. The van der Waals surface area contributed by atoms with E-state index in [1.807, 2.05) is 0 Å². The van der Waals surface area contributed by atoms with E-state index in [9.17, 15) is 19.7 Å². The molecule has 2 N–H and O–H groups in total. The van der Waals surface area contributed by atoms with Crippen molar-refractivity contribution in [3.8, 4) is 0 Å². The third-order valence-electron chi connectivity index (χ3n) is 2.82. The van der Waals surface area contributed by atoms with Crippen LogP contribution in [0.4, 0.5) is 16.2 Å². The van der Waals surface area contributed by atoms with E-state index in [-0.39, 0.29) is 17.6 Å². The predicted molar refractivity (Wildman–Crippen MR) is 74.9 cm³/mol. The van der Waals surface area contributed by atoms with Gasteiger partial charge in [-0.3, -0.25) is 20.2 Å². The van der Waals surface area contributed by atoms with Crippen molar-refractivity contribution in [3.05, 3.63) is 34.4 Å². The second kappa shape index (κ2) is 5.99. The van der Waals surface area contributed by atoms with Gasteiger partial charge in [0.25, 0.3) is 5.69 Å². The molecule has 1 fully saturated rings. The Morgan fingerprint density at radius 2 is 2.10 bits per heavy atom. The number of amides is 3. The van der Waals surface area contributed by atoms with Gasteiger partial charge in [-0.05, 0) is 12.1 Å². The Morgan fingerprint density at radius 1 is 1.43 bits per heavy atom. The lowest BCUT2D eigenvalue weighted by atomic mass is 10.3. The summed E-state index contributed by atoms with van der Waals surface area (Å²) in [6.07, 6.45) is 0.347. The van der Waals surface area contributed by atoms with Gasteiger partial charge in [0.2, 0.25) is 11.9 Å². The van der Waals surface area contributed by atoms with E-state index < -0.39 is 11.0 Å². The highest BCUT2D eigenvalue weighted by Crippen LogP contribution is 2.15. The molecule has 0 radical (unpaired) electrons. The number of guanidine groups is 1. The van der Waals surface area contributed by atoms with E-state index in [4.69, 9.17) is 0 Å². The molecule has 1 heterocycles. The summed E-state index contributed by atoms with van der Waals surface area (Å²) >= 11 is 0. The van der Waals surface area contributed by atoms with Crippen LogP contribution in [0, 0.1) is 10.1 Å². The van der Waals surface area contributed by atoms with Gasteiger partial charge in [0.1, 0.15) is 0 Å². The monoisotopic (exact) mass is 291 g/mol. The Labute approximate surface area is 119 Å². The van der Waals surface area contributed by atoms with Crippen molar-refractivity contribution in [2.45, 2.75) is 6.42 Å². The predicted octanol–water partition coefficient (Wildman–Crippen LogP) is 0.934. The largest absolute Gasteiger partial charge is 0.348 e. The number of non-ortho nitro benzene ring substituents is 1. The van der Waals surface area contributed by atoms with E-state index >= 15 is 0 Å². The summed E-state index contributed by atoms with van der Waals surface area (Å²) in [4.78, 5) is 38.4. The number of hydrogen-bond acceptors (Lipinski definition) is 4. The summed E-state index contributed by atoms with van der Waals surface area (Å²) in [5, 5.41) is 15.5. The first-order chi connectivity index (χ1) is 9.95. The highest BCUT2D eigenvalue weighted by Gasteiger charge is 2.19. The number of rotatable bonds is 2. The average Bonchev–Trinajstić information content (AvgIpc) is 2.43. The van der Waals surface area contributed by atoms with Crippen LogP contribution in [-0.4, -0.2) is 41.3 Å². The van der Waals surface area contributed by atoms with E-state index in [2.05, 4.69) is 15.6 Å². The molecule has 0 saturated carbocycles. The van der Waals surface area contributed by atoms with E-state index in [0.29, 0.717) is 18.7 Å². The van der Waals surface area contributed by atoms with Crippen molar-refractivity contribution < 1.29 is 14.5 Å². The Kier molecular flexibility index (Phi) is 4.12. The van der Waals surface area contributed by atoms with Gasteiger partial charge in [-0.15, -0.1) is 0 Å². The normalized spacial score (nSPS) is 16.5. The zero-order chi connectivity index (χ0) is 15.4. The van der Waals surface area contributed by atoms with Gasteiger partial charge in [-0.2, -0.15) is 4.99 Å². The number of aliphatic imine (C=N–C) groups is 1. The number of carbonyl (C=O) groups excluding carboxylic acids is 2. The molecule has 0 aliphatic carbocycles. The lowest BCUT2D eigenvalue weighted by Gasteiger charge is -2.25. The first-order valence-electron chi connectivity index (χ1n) is 6.11. The van der Waals surface area contributed by atoms with Gasteiger partial charge in [0.05, 0.1) is 4.92 Å². The Balaban J connectivity index is 2.03. The van der Waals surface area contributed by atoms with Crippen molar-refractivity contribution in [2.75, 3.05) is 18.9 Å². The topological polar surface area (TPSA) is 117 Å². The zero-order valence-electron chi connectivity index (χ0n) is 11.2. The lowest BCUT2D eigenvalue weighted by Crippen LogP contribution is -2.49. The smallest absolute Gasteiger partial charge is 0.345 e. The molecule has 9 heteroatoms. The van der Waals surface area contributed by atoms with Crippen molar-refractivity contribution in [1.82, 2.24) is 10.2 Å². The average molecular weight is 291 g/mol. The summed E-state index contributed by atoms with van der Waals surface area (Å²) in [6, 6.07) is 4.68. The Morgan fingerprint density at radius 3 is 2.71 bits per heavy atom. The minimum atomic E-state index is -0.673. The maximum absolute atomic E-state index is 11.7. The Bertz CT molecular complexity index is 611. The molecule has 3 amide bonds. The van der Waals surface area contributed by atoms with Crippen LogP contribution in [0.3, 0.4) is 0 Å². The molecule has 1 saturated heterocycles. The van der Waals surface area contributed by atoms with Crippen LogP contribution in [0.2, 0.25) is 0 Å². The first kappa shape index (κ1) is 14.4. The van der Waals surface area contributed by atoms with Crippen LogP contribution >= 0.6 is 0 Å². The summed E-state index contributed by atoms with van der Waals surface area (Å²) in [6.45, 7) is 0.482. The third kappa shape index (κ3) is 3.75. The molecular weight excluding hydrogens is 278 g/mol. The molecule has 1 aliphatic heterocycles. The Hall–Kier alpha value is -2.97. The molecule has 1 aliphatic rings. The SMILES string of the molecule is CN1CCC(=O)NC1=NC(=O)Nc1ccc([N+](=O)[O-])cc1. The molecule has 0 bridgehead atoms. The molecule has 9 nitrogen and oxygen atoms in total. The fraction of sp³-hybridized carbons (Fsp3) is 0.250. The summed E-state index contributed by atoms with van der Waals surface area (Å²) in [7, 11) is 1.71. The molecule has 0 unspecified atom stereocenters. The van der Waals surface area contributed by atoms with E-state index in [0.717, 1.165) is 0 Å². The van der Waals surface area contributed by atoms with Gasteiger partial charge < -0.3 is 10.2 Å². The van der Waals surface area contributed by atoms with E-state index in [1.165, 1.54) is 24.3 Å². The molecular formula is C12H13N5O4. The van der Waals surface area contributed by atoms with Crippen LogP contribution in [0.5, 0.6) is 0 Å². The quantitative estimate of drug-likeness (QED) is 0.621. The second-order valence-electron chi connectivity index (χ2n) is 4.39. The molecule has 21 heavy (non-hydrogen) atoms. The van der Waals surface area contributed by atoms with Crippen molar-refractivity contribution in [2.24, 2.45) is 4.99 Å². The number of carbonyl (C=O) groups is 2. The minimum Gasteiger partial charge on any atom is -0.345 e. The number of nitrogens with one attached hydrogen (secondary N) is 2. The summed E-state index contributed by atoms with van der Waals surface area (Å²) in [5.74, 6) is -0.0272. The maximum atomic E-state index is 11.7. The minimum absolute atomic E-state index is 0.0708. The molecule has 1 aromatic rings. The van der Waals surface area contributed by atoms with Gasteiger partial charge in [0, 0.05) is 37.8 Å². The molecule has 0 atom stereocenters. The van der Waals surface area contributed by atoms with Crippen LogP contribution in [0.25, 0.3) is 0 Å². The van der Waals surface area contributed by atoms with Gasteiger partial charge in [0.15, 0.2) is 0 Å². The lowest BCUT2D eigenvalue weighted by molar-refractivity contribution is -0.384.